The molecule has 0 bridgehead atoms. The van der Waals surface area contributed by atoms with Gasteiger partial charge in [-0.15, -0.1) is 0 Å². The third-order valence-electron chi connectivity index (χ3n) is 2.78. The standard InChI is InChI=1S/C13H13F2NO3/c1-7(19-13(18)8-5-6-8)12(17)16-11-9(14)3-2-4-10(11)15/h2-4,7-8H,5-6H2,1H3,(H,16,17)/t7-/m0/s1. The lowest BCUT2D eigenvalue weighted by Crippen LogP contribution is -2.31. The zero-order valence-electron chi connectivity index (χ0n) is 10.3. The number of carbonyl (C=O) groups excluding carboxylic acids is 2. The number of halogens is 2. The van der Waals surface area contributed by atoms with Crippen molar-refractivity contribution in [3.05, 3.63) is 29.8 Å². The van der Waals surface area contributed by atoms with Gasteiger partial charge < -0.3 is 10.1 Å². The number of hydrogen-bond acceptors (Lipinski definition) is 3. The number of carbonyl (C=O) groups is 2. The van der Waals surface area contributed by atoms with Crippen LogP contribution in [0.3, 0.4) is 0 Å². The topological polar surface area (TPSA) is 55.4 Å². The monoisotopic (exact) mass is 269 g/mol. The minimum absolute atomic E-state index is 0.138. The lowest BCUT2D eigenvalue weighted by Gasteiger charge is -2.14. The Labute approximate surface area is 108 Å². The predicted molar refractivity (Wildman–Crippen MR) is 63.3 cm³/mol. The summed E-state index contributed by atoms with van der Waals surface area (Å²) in [4.78, 5) is 23.0. The van der Waals surface area contributed by atoms with E-state index in [1.807, 2.05) is 0 Å². The van der Waals surface area contributed by atoms with E-state index in [2.05, 4.69) is 5.32 Å². The van der Waals surface area contributed by atoms with Gasteiger partial charge in [-0.05, 0) is 31.9 Å². The van der Waals surface area contributed by atoms with Crippen molar-refractivity contribution in [2.45, 2.75) is 25.9 Å². The highest BCUT2D eigenvalue weighted by atomic mass is 19.1. The van der Waals surface area contributed by atoms with Gasteiger partial charge in [-0.2, -0.15) is 0 Å². The second-order valence-corrected chi connectivity index (χ2v) is 4.44. The maximum atomic E-state index is 13.3. The van der Waals surface area contributed by atoms with Crippen molar-refractivity contribution in [3.63, 3.8) is 0 Å². The van der Waals surface area contributed by atoms with E-state index in [-0.39, 0.29) is 5.92 Å². The first-order chi connectivity index (χ1) is 8.99. The van der Waals surface area contributed by atoms with Crippen molar-refractivity contribution in [1.29, 1.82) is 0 Å². The first-order valence-electron chi connectivity index (χ1n) is 5.94. The Morgan fingerprint density at radius 3 is 2.42 bits per heavy atom. The van der Waals surface area contributed by atoms with Crippen molar-refractivity contribution in [3.8, 4) is 0 Å². The molecule has 102 valence electrons. The van der Waals surface area contributed by atoms with Crippen LogP contribution in [0.2, 0.25) is 0 Å². The molecule has 1 fully saturated rings. The highest BCUT2D eigenvalue weighted by Gasteiger charge is 2.33. The summed E-state index contributed by atoms with van der Waals surface area (Å²) in [5, 5.41) is 2.08. The van der Waals surface area contributed by atoms with Crippen LogP contribution in [-0.2, 0) is 14.3 Å². The fraction of sp³-hybridized carbons (Fsp3) is 0.385. The number of hydrogen-bond donors (Lipinski definition) is 1. The second-order valence-electron chi connectivity index (χ2n) is 4.44. The van der Waals surface area contributed by atoms with E-state index in [1.165, 1.54) is 13.0 Å². The maximum absolute atomic E-state index is 13.3. The van der Waals surface area contributed by atoms with E-state index < -0.39 is 35.3 Å². The molecule has 1 atom stereocenters. The number of rotatable bonds is 4. The van der Waals surface area contributed by atoms with E-state index in [9.17, 15) is 18.4 Å². The van der Waals surface area contributed by atoms with Gasteiger partial charge in [-0.3, -0.25) is 9.59 Å². The summed E-state index contributed by atoms with van der Waals surface area (Å²) < 4.78 is 31.5. The van der Waals surface area contributed by atoms with Crippen molar-refractivity contribution >= 4 is 17.6 Å². The highest BCUT2D eigenvalue weighted by molar-refractivity contribution is 5.95. The average molecular weight is 269 g/mol. The molecular weight excluding hydrogens is 256 g/mol. The summed E-state index contributed by atoms with van der Waals surface area (Å²) >= 11 is 0. The number of amides is 1. The molecule has 1 amide bonds. The van der Waals surface area contributed by atoms with Crippen LogP contribution in [0, 0.1) is 17.6 Å². The van der Waals surface area contributed by atoms with Crippen LogP contribution < -0.4 is 5.32 Å². The van der Waals surface area contributed by atoms with Gasteiger partial charge in [0.05, 0.1) is 5.92 Å². The van der Waals surface area contributed by atoms with Gasteiger partial charge in [0, 0.05) is 0 Å². The van der Waals surface area contributed by atoms with Crippen molar-refractivity contribution in [1.82, 2.24) is 0 Å². The van der Waals surface area contributed by atoms with Crippen molar-refractivity contribution in [2.24, 2.45) is 5.92 Å². The molecule has 1 aliphatic rings. The largest absolute Gasteiger partial charge is 0.452 e. The van der Waals surface area contributed by atoms with E-state index in [0.717, 1.165) is 25.0 Å². The molecule has 1 aliphatic carbocycles. The number of nitrogens with one attached hydrogen (secondary N) is 1. The van der Waals surface area contributed by atoms with Crippen molar-refractivity contribution < 1.29 is 23.1 Å². The summed E-state index contributed by atoms with van der Waals surface area (Å²) in [7, 11) is 0. The molecule has 1 aromatic carbocycles. The zero-order valence-corrected chi connectivity index (χ0v) is 10.3. The summed E-state index contributed by atoms with van der Waals surface area (Å²) in [5.74, 6) is -3.11. The maximum Gasteiger partial charge on any atom is 0.309 e. The highest BCUT2D eigenvalue weighted by Crippen LogP contribution is 2.30. The summed E-state index contributed by atoms with van der Waals surface area (Å²) in [6.45, 7) is 1.36. The van der Waals surface area contributed by atoms with Gasteiger partial charge in [-0.1, -0.05) is 6.07 Å². The fourth-order valence-corrected chi connectivity index (χ4v) is 1.49. The SMILES string of the molecule is C[C@H](OC(=O)C1CC1)C(=O)Nc1c(F)cccc1F. The molecule has 2 rings (SSSR count). The van der Waals surface area contributed by atoms with Gasteiger partial charge in [0.15, 0.2) is 6.10 Å². The van der Waals surface area contributed by atoms with Crippen LogP contribution >= 0.6 is 0 Å². The zero-order chi connectivity index (χ0) is 14.0. The quantitative estimate of drug-likeness (QED) is 0.853. The fourth-order valence-electron chi connectivity index (χ4n) is 1.49. The Balaban J connectivity index is 1.98. The first kappa shape index (κ1) is 13.5. The van der Waals surface area contributed by atoms with E-state index in [4.69, 9.17) is 4.74 Å². The molecule has 0 aliphatic heterocycles. The van der Waals surface area contributed by atoms with Crippen LogP contribution in [0.25, 0.3) is 0 Å². The van der Waals surface area contributed by atoms with Gasteiger partial charge in [0.1, 0.15) is 17.3 Å². The molecule has 4 nitrogen and oxygen atoms in total. The van der Waals surface area contributed by atoms with Crippen LogP contribution in [0.1, 0.15) is 19.8 Å². The molecule has 1 N–H and O–H groups in total. The number of ether oxygens (including phenoxy) is 1. The smallest absolute Gasteiger partial charge is 0.309 e. The van der Waals surface area contributed by atoms with Crippen molar-refractivity contribution in [2.75, 3.05) is 5.32 Å². The third-order valence-corrected chi connectivity index (χ3v) is 2.78. The minimum atomic E-state index is -1.09. The molecule has 19 heavy (non-hydrogen) atoms. The molecule has 0 aromatic heterocycles. The normalized spacial score (nSPS) is 15.7. The Morgan fingerprint density at radius 2 is 1.89 bits per heavy atom. The van der Waals surface area contributed by atoms with Crippen LogP contribution in [0.4, 0.5) is 14.5 Å². The van der Waals surface area contributed by atoms with Gasteiger partial charge in [0.2, 0.25) is 0 Å². The Kier molecular flexibility index (Phi) is 3.78. The number of para-hydroxylation sites is 1. The molecule has 6 heteroatoms. The molecule has 0 unspecified atom stereocenters. The third kappa shape index (κ3) is 3.27. The molecule has 1 aromatic rings. The van der Waals surface area contributed by atoms with Crippen LogP contribution in [0.5, 0.6) is 0 Å². The number of esters is 1. The van der Waals surface area contributed by atoms with Gasteiger partial charge in [0.25, 0.3) is 5.91 Å². The second kappa shape index (κ2) is 5.34. The van der Waals surface area contributed by atoms with Gasteiger partial charge in [-0.25, -0.2) is 8.78 Å². The predicted octanol–water partition coefficient (Wildman–Crippen LogP) is 2.25. The Bertz CT molecular complexity index is 494. The minimum Gasteiger partial charge on any atom is -0.452 e. The lowest BCUT2D eigenvalue weighted by molar-refractivity contribution is -0.154. The summed E-state index contributed by atoms with van der Waals surface area (Å²) in [6.07, 6.45) is 0.427. The van der Waals surface area contributed by atoms with Gasteiger partial charge >= 0.3 is 5.97 Å². The molecular formula is C13H13F2NO3. The molecule has 0 heterocycles. The molecule has 0 spiro atoms. The Morgan fingerprint density at radius 1 is 1.32 bits per heavy atom. The Hall–Kier alpha value is -1.98. The molecule has 0 saturated heterocycles. The lowest BCUT2D eigenvalue weighted by atomic mass is 10.2. The summed E-state index contributed by atoms with van der Waals surface area (Å²) in [5.41, 5.74) is -0.540. The van der Waals surface area contributed by atoms with Crippen LogP contribution in [-0.4, -0.2) is 18.0 Å². The van der Waals surface area contributed by atoms with E-state index >= 15 is 0 Å². The summed E-state index contributed by atoms with van der Waals surface area (Å²) in [6, 6.07) is 3.25. The molecule has 1 saturated carbocycles. The average Bonchev–Trinajstić information content (AvgIpc) is 3.17. The van der Waals surface area contributed by atoms with E-state index in [1.54, 1.807) is 0 Å². The first-order valence-corrected chi connectivity index (χ1v) is 5.94. The van der Waals surface area contributed by atoms with Crippen LogP contribution in [0.15, 0.2) is 18.2 Å². The number of anilines is 1. The molecule has 0 radical (unpaired) electrons. The number of benzene rings is 1. The van der Waals surface area contributed by atoms with E-state index in [0.29, 0.717) is 0 Å².